The smallest absolute Gasteiger partial charge is 0.228 e. The van der Waals surface area contributed by atoms with Gasteiger partial charge in [0.1, 0.15) is 0 Å². The molecule has 3 rings (SSSR count). The number of rotatable bonds is 7. The van der Waals surface area contributed by atoms with Crippen LogP contribution in [0.5, 0.6) is 0 Å². The third kappa shape index (κ3) is 4.17. The minimum absolute atomic E-state index is 0.0161. The van der Waals surface area contributed by atoms with Crippen molar-refractivity contribution in [3.05, 3.63) is 66.2 Å². The second-order valence-electron chi connectivity index (χ2n) is 5.86. The van der Waals surface area contributed by atoms with Gasteiger partial charge in [0.15, 0.2) is 0 Å². The molecule has 1 heterocycles. The Hall–Kier alpha value is -1.82. The van der Waals surface area contributed by atoms with E-state index < -0.39 is 0 Å². The first kappa shape index (κ1) is 17.0. The highest BCUT2D eigenvalue weighted by Crippen LogP contribution is 2.28. The van der Waals surface area contributed by atoms with Crippen LogP contribution in [0.3, 0.4) is 0 Å². The van der Waals surface area contributed by atoms with Crippen molar-refractivity contribution in [2.24, 2.45) is 5.92 Å². The number of carbonyl (C=O) groups is 1. The summed E-state index contributed by atoms with van der Waals surface area (Å²) in [6.45, 7) is 1.32. The van der Waals surface area contributed by atoms with E-state index in [9.17, 15) is 4.79 Å². The van der Waals surface area contributed by atoms with E-state index in [0.29, 0.717) is 13.1 Å². The minimum Gasteiger partial charge on any atom is -0.336 e. The molecule has 0 radical (unpaired) electrons. The Morgan fingerprint density at radius 1 is 1.12 bits per heavy atom. The molecular weight excluding hydrogens is 320 g/mol. The highest BCUT2D eigenvalue weighted by atomic mass is 32.2. The van der Waals surface area contributed by atoms with Crippen LogP contribution in [0.25, 0.3) is 0 Å². The lowest BCUT2D eigenvalue weighted by atomic mass is 10.1. The molecule has 0 unspecified atom stereocenters. The van der Waals surface area contributed by atoms with Crippen molar-refractivity contribution in [3.63, 3.8) is 0 Å². The van der Waals surface area contributed by atoms with Crippen LogP contribution in [-0.2, 0) is 16.2 Å². The summed E-state index contributed by atoms with van der Waals surface area (Å²) in [7, 11) is 1.60. The first-order chi connectivity index (χ1) is 11.8. The van der Waals surface area contributed by atoms with Crippen LogP contribution in [0.2, 0.25) is 0 Å². The normalized spacial score (nSPS) is 20.5. The highest BCUT2D eigenvalue weighted by Gasteiger charge is 2.40. The molecule has 0 spiro atoms. The molecule has 1 aliphatic heterocycles. The third-order valence-electron chi connectivity index (χ3n) is 4.19. The van der Waals surface area contributed by atoms with Crippen molar-refractivity contribution in [2.45, 2.75) is 17.5 Å². The second-order valence-corrected chi connectivity index (χ2v) is 6.96. The summed E-state index contributed by atoms with van der Waals surface area (Å²) in [6.07, 6.45) is 0. The van der Waals surface area contributed by atoms with Crippen molar-refractivity contribution in [1.82, 2.24) is 10.4 Å². The molecule has 1 amide bonds. The van der Waals surface area contributed by atoms with Gasteiger partial charge >= 0.3 is 0 Å². The van der Waals surface area contributed by atoms with E-state index in [-0.39, 0.29) is 17.9 Å². The molecule has 24 heavy (non-hydrogen) atoms. The SMILES string of the molecule is CON[C@H]1CN(Cc2ccccc2)C(=O)[C@H]1CSc1ccccc1. The molecule has 5 heteroatoms. The molecule has 0 aromatic heterocycles. The summed E-state index contributed by atoms with van der Waals surface area (Å²) in [5.74, 6) is 0.852. The zero-order valence-corrected chi connectivity index (χ0v) is 14.5. The Labute approximate surface area is 147 Å². The largest absolute Gasteiger partial charge is 0.336 e. The molecule has 1 aliphatic rings. The number of nitrogens with zero attached hydrogens (tertiary/aromatic N) is 1. The van der Waals surface area contributed by atoms with Crippen molar-refractivity contribution >= 4 is 17.7 Å². The average Bonchev–Trinajstić information content (AvgIpc) is 2.90. The van der Waals surface area contributed by atoms with E-state index in [1.165, 1.54) is 4.90 Å². The number of hydrogen-bond donors (Lipinski definition) is 1. The zero-order valence-electron chi connectivity index (χ0n) is 13.7. The first-order valence-electron chi connectivity index (χ1n) is 8.07. The lowest BCUT2D eigenvalue weighted by molar-refractivity contribution is -0.131. The molecule has 1 N–H and O–H groups in total. The predicted molar refractivity (Wildman–Crippen MR) is 96.4 cm³/mol. The van der Waals surface area contributed by atoms with Gasteiger partial charge in [0.05, 0.1) is 19.1 Å². The lowest BCUT2D eigenvalue weighted by Gasteiger charge is -2.16. The fourth-order valence-corrected chi connectivity index (χ4v) is 4.06. The van der Waals surface area contributed by atoms with E-state index in [1.807, 2.05) is 41.3 Å². The van der Waals surface area contributed by atoms with Gasteiger partial charge in [0.25, 0.3) is 0 Å². The number of carbonyl (C=O) groups excluding carboxylic acids is 1. The number of hydroxylamine groups is 1. The van der Waals surface area contributed by atoms with Crippen LogP contribution in [0, 0.1) is 5.92 Å². The fourth-order valence-electron chi connectivity index (χ4n) is 2.97. The molecular formula is C19H22N2O2S. The van der Waals surface area contributed by atoms with Crippen molar-refractivity contribution in [1.29, 1.82) is 0 Å². The zero-order chi connectivity index (χ0) is 16.8. The predicted octanol–water partition coefficient (Wildman–Crippen LogP) is 2.96. The topological polar surface area (TPSA) is 41.6 Å². The molecule has 0 saturated carbocycles. The summed E-state index contributed by atoms with van der Waals surface area (Å²) in [5.41, 5.74) is 4.15. The quantitative estimate of drug-likeness (QED) is 0.620. The maximum atomic E-state index is 12.8. The summed E-state index contributed by atoms with van der Waals surface area (Å²) in [6, 6.07) is 20.3. The van der Waals surface area contributed by atoms with Crippen molar-refractivity contribution < 1.29 is 9.63 Å². The van der Waals surface area contributed by atoms with Crippen LogP contribution < -0.4 is 5.48 Å². The Morgan fingerprint density at radius 3 is 2.46 bits per heavy atom. The molecule has 126 valence electrons. The molecule has 2 aromatic rings. The summed E-state index contributed by atoms with van der Waals surface area (Å²) in [4.78, 5) is 21.1. The lowest BCUT2D eigenvalue weighted by Crippen LogP contribution is -2.36. The molecule has 1 fully saturated rings. The molecule has 4 nitrogen and oxygen atoms in total. The number of amides is 1. The molecule has 0 bridgehead atoms. The number of benzene rings is 2. The number of hydrogen-bond acceptors (Lipinski definition) is 4. The Kier molecular flexibility index (Phi) is 5.91. The Bertz CT molecular complexity index is 651. The van der Waals surface area contributed by atoms with Gasteiger partial charge < -0.3 is 9.74 Å². The van der Waals surface area contributed by atoms with Gasteiger partial charge in [-0.25, -0.2) is 0 Å². The second kappa shape index (κ2) is 8.33. The van der Waals surface area contributed by atoms with Crippen LogP contribution in [-0.4, -0.2) is 36.3 Å². The van der Waals surface area contributed by atoms with Crippen molar-refractivity contribution in [2.75, 3.05) is 19.4 Å². The average molecular weight is 342 g/mol. The summed E-state index contributed by atoms with van der Waals surface area (Å²) >= 11 is 1.72. The summed E-state index contributed by atoms with van der Waals surface area (Å²) < 4.78 is 0. The fraction of sp³-hybridized carbons (Fsp3) is 0.316. The number of thioether (sulfide) groups is 1. The maximum absolute atomic E-state index is 12.8. The monoisotopic (exact) mass is 342 g/mol. The van der Waals surface area contributed by atoms with E-state index in [2.05, 4.69) is 29.7 Å². The maximum Gasteiger partial charge on any atom is 0.228 e. The van der Waals surface area contributed by atoms with E-state index in [1.54, 1.807) is 18.9 Å². The highest BCUT2D eigenvalue weighted by molar-refractivity contribution is 7.99. The van der Waals surface area contributed by atoms with E-state index in [0.717, 1.165) is 11.3 Å². The van der Waals surface area contributed by atoms with Gasteiger partial charge in [0.2, 0.25) is 5.91 Å². The summed E-state index contributed by atoms with van der Waals surface area (Å²) in [5, 5.41) is 0. The van der Waals surface area contributed by atoms with E-state index in [4.69, 9.17) is 4.84 Å². The molecule has 1 saturated heterocycles. The van der Waals surface area contributed by atoms with Crippen LogP contribution in [0.4, 0.5) is 0 Å². The van der Waals surface area contributed by atoms with Gasteiger partial charge in [-0.15, -0.1) is 11.8 Å². The molecule has 2 aromatic carbocycles. The standard InChI is InChI=1S/C19H22N2O2S/c1-23-20-18-13-21(12-15-8-4-2-5-9-15)19(22)17(18)14-24-16-10-6-3-7-11-16/h2-11,17-18,20H,12-14H2,1H3/t17-,18-/m0/s1. The Morgan fingerprint density at radius 2 is 1.79 bits per heavy atom. The first-order valence-corrected chi connectivity index (χ1v) is 9.05. The van der Waals surface area contributed by atoms with Crippen molar-refractivity contribution in [3.8, 4) is 0 Å². The van der Waals surface area contributed by atoms with Crippen LogP contribution >= 0.6 is 11.8 Å². The van der Waals surface area contributed by atoms with Crippen LogP contribution in [0.15, 0.2) is 65.6 Å². The van der Waals surface area contributed by atoms with Gasteiger partial charge in [-0.2, -0.15) is 5.48 Å². The minimum atomic E-state index is -0.0844. The number of likely N-dealkylation sites (tertiary alicyclic amines) is 1. The Balaban J connectivity index is 1.66. The van der Waals surface area contributed by atoms with Crippen LogP contribution in [0.1, 0.15) is 5.56 Å². The molecule has 2 atom stereocenters. The van der Waals surface area contributed by atoms with E-state index >= 15 is 0 Å². The number of nitrogens with one attached hydrogen (secondary N) is 1. The van der Waals surface area contributed by atoms with Gasteiger partial charge in [0, 0.05) is 23.7 Å². The van der Waals surface area contributed by atoms with Gasteiger partial charge in [-0.1, -0.05) is 48.5 Å². The molecule has 0 aliphatic carbocycles. The van der Waals surface area contributed by atoms with Gasteiger partial charge in [-0.3, -0.25) is 4.79 Å². The van der Waals surface area contributed by atoms with Gasteiger partial charge in [-0.05, 0) is 17.7 Å². The third-order valence-corrected chi connectivity index (χ3v) is 5.32.